The molecule has 0 aliphatic carbocycles. The fourth-order valence-corrected chi connectivity index (χ4v) is 1.63. The zero-order chi connectivity index (χ0) is 13.9. The molecule has 112 valence electrons. The highest BCUT2D eigenvalue weighted by Crippen LogP contribution is 1.98. The Balaban J connectivity index is 0.00000361. The number of aldehydes is 1. The molecule has 0 aliphatic heterocycles. The molecule has 0 fully saturated rings. The van der Waals surface area contributed by atoms with Crippen LogP contribution in [-0.2, 0) is 16.1 Å². The third-order valence-corrected chi connectivity index (χ3v) is 2.69. The number of rotatable bonds is 9. The maximum Gasteiger partial charge on any atom is 0.259 e. The number of imidazole rings is 1. The molecule has 1 heterocycles. The molecule has 1 aromatic heterocycles. The van der Waals surface area contributed by atoms with Crippen LogP contribution in [-0.4, -0.2) is 17.5 Å². The summed E-state index contributed by atoms with van der Waals surface area (Å²) in [5.74, 6) is 0. The van der Waals surface area contributed by atoms with Gasteiger partial charge in [0.25, 0.3) is 6.23 Å². The first-order valence-electron chi connectivity index (χ1n) is 6.73. The topological polar surface area (TPSA) is 35.1 Å². The van der Waals surface area contributed by atoms with Crippen LogP contribution in [0.1, 0.15) is 32.9 Å². The highest BCUT2D eigenvalue weighted by Gasteiger charge is 2.15. The van der Waals surface area contributed by atoms with Gasteiger partial charge in [0.1, 0.15) is 12.4 Å². The predicted octanol–water partition coefficient (Wildman–Crippen LogP) is -0.574. The Hall–Kier alpha value is -1.39. The number of hydrogen-bond donors (Lipinski definition) is 0. The molecule has 0 amide bonds. The lowest BCUT2D eigenvalue weighted by Crippen LogP contribution is -3.00. The van der Waals surface area contributed by atoms with Crippen LogP contribution in [0.25, 0.3) is 0 Å². The van der Waals surface area contributed by atoms with Crippen LogP contribution in [0.4, 0.5) is 0 Å². The van der Waals surface area contributed by atoms with Crippen molar-refractivity contribution in [2.45, 2.75) is 39.5 Å². The van der Waals surface area contributed by atoms with Gasteiger partial charge >= 0.3 is 0 Å². The molecule has 0 saturated heterocycles. The van der Waals surface area contributed by atoms with Crippen molar-refractivity contribution in [3.63, 3.8) is 0 Å². The molecule has 0 aromatic carbocycles. The summed E-state index contributed by atoms with van der Waals surface area (Å²) in [5.41, 5.74) is 0. The molecule has 1 aromatic rings. The lowest BCUT2D eigenvalue weighted by molar-refractivity contribution is -0.744. The SMILES string of the molecule is CC=CC=CCOC(C=O)[n+]1ccn(CCCC)c1.[Cl-]. The Morgan fingerprint density at radius 1 is 1.40 bits per heavy atom. The highest BCUT2D eigenvalue weighted by molar-refractivity contribution is 5.51. The summed E-state index contributed by atoms with van der Waals surface area (Å²) in [6.07, 6.45) is 15.9. The fraction of sp³-hybridized carbons (Fsp3) is 0.467. The summed E-state index contributed by atoms with van der Waals surface area (Å²) in [6, 6.07) is 0. The van der Waals surface area contributed by atoms with E-state index in [4.69, 9.17) is 4.74 Å². The average Bonchev–Trinajstić information content (AvgIpc) is 2.89. The number of carbonyl (C=O) groups excluding carboxylic acids is 1. The molecule has 0 saturated carbocycles. The van der Waals surface area contributed by atoms with Crippen molar-refractivity contribution in [1.82, 2.24) is 4.57 Å². The number of hydrogen-bond acceptors (Lipinski definition) is 2. The monoisotopic (exact) mass is 298 g/mol. The average molecular weight is 299 g/mol. The van der Waals surface area contributed by atoms with Crippen molar-refractivity contribution >= 4 is 6.29 Å². The van der Waals surface area contributed by atoms with E-state index in [9.17, 15) is 4.79 Å². The van der Waals surface area contributed by atoms with Gasteiger partial charge in [-0.3, -0.25) is 4.79 Å². The summed E-state index contributed by atoms with van der Waals surface area (Å²) in [7, 11) is 0. The maximum absolute atomic E-state index is 11.1. The Kier molecular flexibility index (Phi) is 10.6. The van der Waals surface area contributed by atoms with Crippen LogP contribution in [0.2, 0.25) is 0 Å². The molecule has 0 radical (unpaired) electrons. The van der Waals surface area contributed by atoms with Crippen LogP contribution in [0.3, 0.4) is 0 Å². The second-order valence-corrected chi connectivity index (χ2v) is 4.27. The van der Waals surface area contributed by atoms with E-state index in [0.29, 0.717) is 6.61 Å². The number of aromatic nitrogens is 2. The van der Waals surface area contributed by atoms with E-state index in [1.807, 2.05) is 49.9 Å². The van der Waals surface area contributed by atoms with E-state index in [2.05, 4.69) is 11.5 Å². The van der Waals surface area contributed by atoms with Gasteiger partial charge in [-0.1, -0.05) is 37.6 Å². The Morgan fingerprint density at radius 3 is 2.85 bits per heavy atom. The number of halogens is 1. The second kappa shape index (κ2) is 11.4. The Labute approximate surface area is 127 Å². The van der Waals surface area contributed by atoms with Gasteiger partial charge in [-0.05, 0) is 13.3 Å². The molecule has 5 heteroatoms. The summed E-state index contributed by atoms with van der Waals surface area (Å²) in [6.45, 7) is 5.50. The van der Waals surface area contributed by atoms with Gasteiger partial charge in [0.05, 0.1) is 13.2 Å². The minimum absolute atomic E-state index is 0. The molecule has 20 heavy (non-hydrogen) atoms. The van der Waals surface area contributed by atoms with Gasteiger partial charge in [0.15, 0.2) is 6.29 Å². The quantitative estimate of drug-likeness (QED) is 0.348. The van der Waals surface area contributed by atoms with E-state index in [1.165, 1.54) is 0 Å². The Morgan fingerprint density at radius 2 is 2.20 bits per heavy atom. The summed E-state index contributed by atoms with van der Waals surface area (Å²) in [5, 5.41) is 0. The minimum Gasteiger partial charge on any atom is -1.00 e. The van der Waals surface area contributed by atoms with E-state index >= 15 is 0 Å². The maximum atomic E-state index is 11.1. The summed E-state index contributed by atoms with van der Waals surface area (Å²) < 4.78 is 9.35. The summed E-state index contributed by atoms with van der Waals surface area (Å²) >= 11 is 0. The molecular weight excluding hydrogens is 276 g/mol. The smallest absolute Gasteiger partial charge is 0.259 e. The first kappa shape index (κ1) is 18.6. The molecule has 0 spiro atoms. The number of allylic oxidation sites excluding steroid dienone is 3. The van der Waals surface area contributed by atoms with Crippen LogP contribution in [0.15, 0.2) is 43.0 Å². The molecule has 1 rings (SSSR count). The van der Waals surface area contributed by atoms with Gasteiger partial charge in [-0.15, -0.1) is 0 Å². The number of ether oxygens (including phenoxy) is 1. The molecule has 1 unspecified atom stereocenters. The van der Waals surface area contributed by atoms with Gasteiger partial charge in [-0.25, -0.2) is 9.13 Å². The van der Waals surface area contributed by atoms with E-state index in [1.54, 1.807) is 4.57 Å². The van der Waals surface area contributed by atoms with E-state index in [-0.39, 0.29) is 12.4 Å². The van der Waals surface area contributed by atoms with Crippen LogP contribution >= 0.6 is 0 Å². The first-order valence-corrected chi connectivity index (χ1v) is 6.73. The fourth-order valence-electron chi connectivity index (χ4n) is 1.63. The van der Waals surface area contributed by atoms with Gasteiger partial charge in [0.2, 0.25) is 6.33 Å². The molecule has 4 nitrogen and oxygen atoms in total. The Bertz CT molecular complexity index is 427. The first-order chi connectivity index (χ1) is 9.31. The zero-order valence-corrected chi connectivity index (χ0v) is 12.9. The lowest BCUT2D eigenvalue weighted by atomic mass is 10.3. The normalized spacial score (nSPS) is 12.7. The van der Waals surface area contributed by atoms with Crippen molar-refractivity contribution in [3.8, 4) is 0 Å². The van der Waals surface area contributed by atoms with Gasteiger partial charge < -0.3 is 17.1 Å². The van der Waals surface area contributed by atoms with E-state index < -0.39 is 6.23 Å². The van der Waals surface area contributed by atoms with Gasteiger partial charge in [0, 0.05) is 0 Å². The second-order valence-electron chi connectivity index (χ2n) is 4.27. The lowest BCUT2D eigenvalue weighted by Gasteiger charge is -2.05. The van der Waals surface area contributed by atoms with E-state index in [0.717, 1.165) is 25.7 Å². The number of unbranched alkanes of at least 4 members (excludes halogenated alkanes) is 1. The molecule has 0 bridgehead atoms. The third kappa shape index (κ3) is 6.68. The van der Waals surface area contributed by atoms with Gasteiger partial charge in [-0.2, -0.15) is 0 Å². The number of nitrogens with zero attached hydrogens (tertiary/aromatic N) is 2. The molecule has 1 atom stereocenters. The molecule has 0 aliphatic rings. The number of aryl methyl sites for hydroxylation is 1. The van der Waals surface area contributed by atoms with Crippen molar-refractivity contribution in [2.75, 3.05) is 6.61 Å². The third-order valence-electron chi connectivity index (χ3n) is 2.69. The molecular formula is C15H23ClN2O2. The zero-order valence-electron chi connectivity index (χ0n) is 12.1. The van der Waals surface area contributed by atoms with Crippen LogP contribution in [0, 0.1) is 0 Å². The van der Waals surface area contributed by atoms with Crippen molar-refractivity contribution < 1.29 is 26.5 Å². The molecule has 0 N–H and O–H groups in total. The van der Waals surface area contributed by atoms with Crippen molar-refractivity contribution in [2.24, 2.45) is 0 Å². The van der Waals surface area contributed by atoms with Crippen molar-refractivity contribution in [3.05, 3.63) is 43.0 Å². The predicted molar refractivity (Wildman–Crippen MR) is 74.5 cm³/mol. The highest BCUT2D eigenvalue weighted by atomic mass is 35.5. The number of carbonyl (C=O) groups is 1. The van der Waals surface area contributed by atoms with Crippen LogP contribution < -0.4 is 17.0 Å². The largest absolute Gasteiger partial charge is 1.00 e. The minimum atomic E-state index is -0.557. The van der Waals surface area contributed by atoms with Crippen molar-refractivity contribution in [1.29, 1.82) is 0 Å². The summed E-state index contributed by atoms with van der Waals surface area (Å²) in [4.78, 5) is 11.1. The van der Waals surface area contributed by atoms with Crippen LogP contribution in [0.5, 0.6) is 0 Å². The standard InChI is InChI=1S/C15H23N2O2.ClH/c1-3-5-7-8-12-19-15(13-18)17-11-10-16(14-17)9-6-4-2;/h3,5,7-8,10-11,13-15H,4,6,9,12H2,1-2H3;1H/q+1;/p-1.